The number of pyridine rings is 1. The van der Waals surface area contributed by atoms with Crippen LogP contribution in [-0.4, -0.2) is 19.7 Å². The molecule has 0 spiro atoms. The molecule has 0 amide bonds. The van der Waals surface area contributed by atoms with Crippen LogP contribution in [-0.2, 0) is 6.54 Å². The molecule has 0 aliphatic carbocycles. The number of nitro groups is 1. The molecule has 94 valence electrons. The fraction of sp³-hybridized carbons (Fsp3) is 0.273. The molecule has 0 aliphatic rings. The van der Waals surface area contributed by atoms with E-state index in [-0.39, 0.29) is 11.5 Å². The fourth-order valence-electron chi connectivity index (χ4n) is 1.61. The van der Waals surface area contributed by atoms with Gasteiger partial charge < -0.3 is 5.32 Å². The highest BCUT2D eigenvalue weighted by atomic mass is 16.6. The van der Waals surface area contributed by atoms with Crippen molar-refractivity contribution in [2.24, 2.45) is 0 Å². The van der Waals surface area contributed by atoms with Gasteiger partial charge >= 0.3 is 5.69 Å². The van der Waals surface area contributed by atoms with Gasteiger partial charge in [-0.25, -0.2) is 4.98 Å². The Morgan fingerprint density at radius 2 is 2.33 bits per heavy atom. The average Bonchev–Trinajstić information content (AvgIpc) is 2.76. The van der Waals surface area contributed by atoms with Crippen LogP contribution in [0.5, 0.6) is 0 Å². The van der Waals surface area contributed by atoms with Crippen LogP contribution in [0.15, 0.2) is 24.7 Å². The van der Waals surface area contributed by atoms with E-state index >= 15 is 0 Å². The van der Waals surface area contributed by atoms with Crippen LogP contribution in [0.4, 0.5) is 17.2 Å². The van der Waals surface area contributed by atoms with Gasteiger partial charge in [-0.15, -0.1) is 0 Å². The van der Waals surface area contributed by atoms with E-state index in [1.165, 1.54) is 6.20 Å². The molecule has 0 fully saturated rings. The minimum atomic E-state index is -0.436. The van der Waals surface area contributed by atoms with E-state index < -0.39 is 4.92 Å². The minimum absolute atomic E-state index is 0.0123. The van der Waals surface area contributed by atoms with Gasteiger partial charge in [-0.1, -0.05) is 0 Å². The summed E-state index contributed by atoms with van der Waals surface area (Å²) in [7, 11) is 0. The molecule has 0 saturated heterocycles. The van der Waals surface area contributed by atoms with Crippen LogP contribution in [0.25, 0.3) is 0 Å². The molecular weight excluding hydrogens is 234 g/mol. The number of hydrogen-bond donors (Lipinski definition) is 1. The predicted octanol–water partition coefficient (Wildman–Crippen LogP) is 2.26. The van der Waals surface area contributed by atoms with Gasteiger partial charge in [-0.3, -0.25) is 14.8 Å². The lowest BCUT2D eigenvalue weighted by Crippen LogP contribution is -2.01. The second kappa shape index (κ2) is 4.82. The zero-order valence-corrected chi connectivity index (χ0v) is 10.1. The monoisotopic (exact) mass is 247 g/mol. The van der Waals surface area contributed by atoms with Crippen LogP contribution in [0.1, 0.15) is 12.5 Å². The van der Waals surface area contributed by atoms with Crippen molar-refractivity contribution in [2.45, 2.75) is 20.4 Å². The van der Waals surface area contributed by atoms with Crippen molar-refractivity contribution in [1.82, 2.24) is 14.8 Å². The molecule has 1 N–H and O–H groups in total. The van der Waals surface area contributed by atoms with Crippen LogP contribution < -0.4 is 5.32 Å². The van der Waals surface area contributed by atoms with Gasteiger partial charge in [-0.2, -0.15) is 5.10 Å². The van der Waals surface area contributed by atoms with Gasteiger partial charge in [0.05, 0.1) is 16.8 Å². The maximum Gasteiger partial charge on any atom is 0.314 e. The second-order valence-corrected chi connectivity index (χ2v) is 3.79. The SMILES string of the molecule is CCn1cc(Nc2nccc(C)c2[N+](=O)[O-])cn1. The zero-order chi connectivity index (χ0) is 13.1. The third-order valence-corrected chi connectivity index (χ3v) is 2.53. The Labute approximate surface area is 104 Å². The molecule has 0 saturated carbocycles. The first-order chi connectivity index (χ1) is 8.61. The van der Waals surface area contributed by atoms with E-state index in [4.69, 9.17) is 0 Å². The van der Waals surface area contributed by atoms with Gasteiger partial charge in [0.1, 0.15) is 0 Å². The topological polar surface area (TPSA) is 85.9 Å². The highest BCUT2D eigenvalue weighted by Gasteiger charge is 2.18. The third-order valence-electron chi connectivity index (χ3n) is 2.53. The number of nitrogens with one attached hydrogen (secondary N) is 1. The first kappa shape index (κ1) is 12.0. The molecule has 2 aromatic heterocycles. The zero-order valence-electron chi connectivity index (χ0n) is 10.1. The first-order valence-corrected chi connectivity index (χ1v) is 5.51. The summed E-state index contributed by atoms with van der Waals surface area (Å²) in [5.74, 6) is 0.232. The standard InChI is InChI=1S/C11H13N5O2/c1-3-15-7-9(6-13-15)14-11-10(16(17)18)8(2)4-5-12-11/h4-7H,3H2,1-2H3,(H,12,14). The normalized spacial score (nSPS) is 10.3. The maximum atomic E-state index is 11.0. The van der Waals surface area contributed by atoms with Crippen LogP contribution in [0.2, 0.25) is 0 Å². The van der Waals surface area contributed by atoms with Gasteiger partial charge in [0.15, 0.2) is 0 Å². The van der Waals surface area contributed by atoms with E-state index in [1.54, 1.807) is 30.1 Å². The fourth-order valence-corrected chi connectivity index (χ4v) is 1.61. The maximum absolute atomic E-state index is 11.0. The third kappa shape index (κ3) is 2.29. The summed E-state index contributed by atoms with van der Waals surface area (Å²) >= 11 is 0. The van der Waals surface area contributed by atoms with E-state index in [2.05, 4.69) is 15.4 Å². The smallest absolute Gasteiger partial charge is 0.314 e. The molecule has 2 rings (SSSR count). The number of nitrogens with zero attached hydrogens (tertiary/aromatic N) is 4. The summed E-state index contributed by atoms with van der Waals surface area (Å²) in [5.41, 5.74) is 1.24. The van der Waals surface area contributed by atoms with Crippen LogP contribution in [0.3, 0.4) is 0 Å². The summed E-state index contributed by atoms with van der Waals surface area (Å²) in [4.78, 5) is 14.6. The molecule has 2 heterocycles. The average molecular weight is 247 g/mol. The lowest BCUT2D eigenvalue weighted by molar-refractivity contribution is -0.384. The van der Waals surface area contributed by atoms with Gasteiger partial charge in [0.2, 0.25) is 5.82 Å². The molecule has 0 aromatic carbocycles. The summed E-state index contributed by atoms with van der Waals surface area (Å²) in [6.45, 7) is 4.38. The van der Waals surface area contributed by atoms with Crippen molar-refractivity contribution in [1.29, 1.82) is 0 Å². The van der Waals surface area contributed by atoms with Crippen molar-refractivity contribution in [3.05, 3.63) is 40.3 Å². The molecule has 7 heteroatoms. The minimum Gasteiger partial charge on any atom is -0.332 e. The lowest BCUT2D eigenvalue weighted by atomic mass is 10.2. The lowest BCUT2D eigenvalue weighted by Gasteiger charge is -2.04. The number of hydrogen-bond acceptors (Lipinski definition) is 5. The first-order valence-electron chi connectivity index (χ1n) is 5.51. The van der Waals surface area contributed by atoms with E-state index in [0.29, 0.717) is 11.3 Å². The van der Waals surface area contributed by atoms with Crippen molar-refractivity contribution in [2.75, 3.05) is 5.32 Å². The summed E-state index contributed by atoms with van der Waals surface area (Å²) < 4.78 is 1.73. The molecule has 0 aliphatic heterocycles. The van der Waals surface area contributed by atoms with Crippen molar-refractivity contribution in [3.63, 3.8) is 0 Å². The number of anilines is 2. The van der Waals surface area contributed by atoms with Crippen LogP contribution in [0, 0.1) is 17.0 Å². The Hall–Kier alpha value is -2.44. The van der Waals surface area contributed by atoms with Gasteiger partial charge in [0, 0.05) is 24.5 Å². The molecular formula is C11H13N5O2. The Morgan fingerprint density at radius 1 is 1.56 bits per heavy atom. The van der Waals surface area contributed by atoms with E-state index in [9.17, 15) is 10.1 Å². The highest BCUT2D eigenvalue weighted by molar-refractivity contribution is 5.66. The summed E-state index contributed by atoms with van der Waals surface area (Å²) in [6, 6.07) is 1.61. The Kier molecular flexibility index (Phi) is 3.22. The van der Waals surface area contributed by atoms with Crippen molar-refractivity contribution in [3.8, 4) is 0 Å². The number of aryl methyl sites for hydroxylation is 2. The van der Waals surface area contributed by atoms with E-state index in [1.807, 2.05) is 6.92 Å². The Morgan fingerprint density at radius 3 is 2.94 bits per heavy atom. The molecule has 2 aromatic rings. The van der Waals surface area contributed by atoms with Gasteiger partial charge in [0.25, 0.3) is 0 Å². The molecule has 18 heavy (non-hydrogen) atoms. The van der Waals surface area contributed by atoms with E-state index in [0.717, 1.165) is 6.54 Å². The molecule has 0 unspecified atom stereocenters. The Balaban J connectivity index is 2.34. The van der Waals surface area contributed by atoms with Crippen molar-refractivity contribution >= 4 is 17.2 Å². The van der Waals surface area contributed by atoms with Crippen molar-refractivity contribution < 1.29 is 4.92 Å². The quantitative estimate of drug-likeness (QED) is 0.661. The predicted molar refractivity (Wildman–Crippen MR) is 66.8 cm³/mol. The summed E-state index contributed by atoms with van der Waals surface area (Å²) in [6.07, 6.45) is 4.92. The largest absolute Gasteiger partial charge is 0.332 e. The highest BCUT2D eigenvalue weighted by Crippen LogP contribution is 2.27. The molecule has 0 radical (unpaired) electrons. The summed E-state index contributed by atoms with van der Waals surface area (Å²) in [5, 5.41) is 18.0. The number of rotatable bonds is 4. The molecule has 7 nitrogen and oxygen atoms in total. The van der Waals surface area contributed by atoms with Crippen LogP contribution >= 0.6 is 0 Å². The molecule has 0 atom stereocenters. The molecule has 0 bridgehead atoms. The Bertz CT molecular complexity index is 579. The number of aromatic nitrogens is 3. The van der Waals surface area contributed by atoms with Gasteiger partial charge in [-0.05, 0) is 19.9 Å². The second-order valence-electron chi connectivity index (χ2n) is 3.79.